The molecule has 9 nitrogen and oxygen atoms in total. The van der Waals surface area contributed by atoms with Crippen LogP contribution in [0.15, 0.2) is 36.5 Å². The second-order valence-corrected chi connectivity index (χ2v) is 18.7. The van der Waals surface area contributed by atoms with Crippen LogP contribution in [0, 0.1) is 0 Å². The summed E-state index contributed by atoms with van der Waals surface area (Å²) in [7, 11) is 0. The van der Waals surface area contributed by atoms with Crippen LogP contribution in [0.2, 0.25) is 0 Å². The fraction of sp³-hybridized carbons (Fsp3) is 0.870. The van der Waals surface area contributed by atoms with Crippen molar-refractivity contribution >= 4 is 5.91 Å². The monoisotopic (exact) mass is 892 g/mol. The lowest BCUT2D eigenvalue weighted by molar-refractivity contribution is -0.302. The fourth-order valence-electron chi connectivity index (χ4n) is 8.42. The molecule has 0 saturated carbocycles. The zero-order chi connectivity index (χ0) is 45.9. The highest BCUT2D eigenvalue weighted by atomic mass is 16.7. The first kappa shape index (κ1) is 59.4. The Labute approximate surface area is 387 Å². The van der Waals surface area contributed by atoms with Gasteiger partial charge in [0.05, 0.1) is 25.4 Å². The molecule has 1 heterocycles. The standard InChI is InChI=1S/C54H101NO8/c1-3-5-7-9-11-13-15-17-19-21-22-23-24-25-26-27-28-29-31-33-35-37-39-41-43-48(57)47(46-62-54-53(61)52(60)51(59)49(45-56)63-54)55-50(58)44-42-40-38-36-34-32-30-20-18-16-14-12-10-8-6-4-2/h14,16,20,30,41,43,47-49,51-54,56-57,59-61H,3-13,15,17-19,21-29,31-40,42,44-46H2,1-2H3,(H,55,58)/b16-14-,30-20-,43-41+. The predicted molar refractivity (Wildman–Crippen MR) is 263 cm³/mol. The number of amides is 1. The molecule has 0 radical (unpaired) electrons. The van der Waals surface area contributed by atoms with Crippen LogP contribution in [-0.4, -0.2) is 87.5 Å². The average molecular weight is 892 g/mol. The van der Waals surface area contributed by atoms with Crippen molar-refractivity contribution < 1.29 is 39.8 Å². The first-order valence-corrected chi connectivity index (χ1v) is 26.7. The Balaban J connectivity index is 2.27. The average Bonchev–Trinajstić information content (AvgIpc) is 3.28. The molecule has 1 saturated heterocycles. The summed E-state index contributed by atoms with van der Waals surface area (Å²) in [6.07, 6.45) is 49.1. The third-order valence-corrected chi connectivity index (χ3v) is 12.7. The summed E-state index contributed by atoms with van der Waals surface area (Å²) >= 11 is 0. The van der Waals surface area contributed by atoms with Crippen molar-refractivity contribution in [2.24, 2.45) is 0 Å². The molecule has 9 heteroatoms. The number of aliphatic hydroxyl groups excluding tert-OH is 5. The summed E-state index contributed by atoms with van der Waals surface area (Å²) in [6.45, 7) is 3.77. The molecule has 0 spiro atoms. The summed E-state index contributed by atoms with van der Waals surface area (Å²) in [5, 5.41) is 54.4. The first-order valence-electron chi connectivity index (χ1n) is 26.7. The van der Waals surface area contributed by atoms with Gasteiger partial charge in [0.15, 0.2) is 6.29 Å². The van der Waals surface area contributed by atoms with Gasteiger partial charge in [0.1, 0.15) is 24.4 Å². The van der Waals surface area contributed by atoms with Crippen LogP contribution in [0.5, 0.6) is 0 Å². The number of unbranched alkanes of at least 4 members (excludes halogenated alkanes) is 31. The molecule has 0 aromatic carbocycles. The molecule has 1 aliphatic heterocycles. The third-order valence-electron chi connectivity index (χ3n) is 12.7. The van der Waals surface area contributed by atoms with Crippen molar-refractivity contribution in [1.29, 1.82) is 0 Å². The number of carbonyl (C=O) groups excluding carboxylic acids is 1. The van der Waals surface area contributed by atoms with E-state index >= 15 is 0 Å². The zero-order valence-electron chi connectivity index (χ0n) is 40.8. The Bertz CT molecular complexity index is 1080. The highest BCUT2D eigenvalue weighted by molar-refractivity contribution is 5.76. The Morgan fingerprint density at radius 3 is 1.38 bits per heavy atom. The van der Waals surface area contributed by atoms with Gasteiger partial charge in [0, 0.05) is 6.42 Å². The number of aliphatic hydroxyl groups is 5. The minimum atomic E-state index is -1.57. The van der Waals surface area contributed by atoms with E-state index in [1.165, 1.54) is 161 Å². The summed E-state index contributed by atoms with van der Waals surface area (Å²) in [4.78, 5) is 13.0. The number of rotatable bonds is 45. The molecule has 1 aliphatic rings. The largest absolute Gasteiger partial charge is 0.394 e. The summed E-state index contributed by atoms with van der Waals surface area (Å²) in [5.41, 5.74) is 0. The van der Waals surface area contributed by atoms with Gasteiger partial charge < -0.3 is 40.3 Å². The van der Waals surface area contributed by atoms with E-state index in [1.54, 1.807) is 6.08 Å². The summed E-state index contributed by atoms with van der Waals surface area (Å²) in [6, 6.07) is -0.812. The Hall–Kier alpha value is -1.59. The van der Waals surface area contributed by atoms with Gasteiger partial charge in [-0.05, 0) is 51.4 Å². The van der Waals surface area contributed by atoms with Crippen molar-refractivity contribution in [1.82, 2.24) is 5.32 Å². The first-order chi connectivity index (χ1) is 30.8. The number of hydrogen-bond donors (Lipinski definition) is 6. The Kier molecular flexibility index (Phi) is 41.7. The SMILES string of the molecule is CCCCCC/C=C\C/C=C\CCCCCCCC(=O)NC(COC1OC(CO)C(O)C(O)C1O)C(O)/C=C/CCCCCCCCCCCCCCCCCCCCCCCC. The molecule has 63 heavy (non-hydrogen) atoms. The van der Waals surface area contributed by atoms with E-state index in [0.29, 0.717) is 6.42 Å². The lowest BCUT2D eigenvalue weighted by Gasteiger charge is -2.40. The van der Waals surface area contributed by atoms with Gasteiger partial charge in [-0.2, -0.15) is 0 Å². The van der Waals surface area contributed by atoms with Crippen LogP contribution in [0.1, 0.15) is 245 Å². The summed E-state index contributed by atoms with van der Waals surface area (Å²) < 4.78 is 11.2. The van der Waals surface area contributed by atoms with E-state index in [-0.39, 0.29) is 12.5 Å². The van der Waals surface area contributed by atoms with Crippen LogP contribution < -0.4 is 5.32 Å². The van der Waals surface area contributed by atoms with Crippen LogP contribution in [-0.2, 0) is 14.3 Å². The van der Waals surface area contributed by atoms with Crippen LogP contribution >= 0.6 is 0 Å². The van der Waals surface area contributed by atoms with Gasteiger partial charge in [-0.3, -0.25) is 4.79 Å². The van der Waals surface area contributed by atoms with Gasteiger partial charge in [-0.1, -0.05) is 224 Å². The highest BCUT2D eigenvalue weighted by Crippen LogP contribution is 2.23. The van der Waals surface area contributed by atoms with Crippen molar-refractivity contribution in [2.45, 2.75) is 288 Å². The van der Waals surface area contributed by atoms with Gasteiger partial charge in [-0.15, -0.1) is 0 Å². The molecule has 370 valence electrons. The van der Waals surface area contributed by atoms with E-state index in [2.05, 4.69) is 43.5 Å². The predicted octanol–water partition coefficient (Wildman–Crippen LogP) is 12.4. The van der Waals surface area contributed by atoms with Gasteiger partial charge in [0.2, 0.25) is 5.91 Å². The number of carbonyl (C=O) groups is 1. The molecular weight excluding hydrogens is 791 g/mol. The Morgan fingerprint density at radius 2 is 0.937 bits per heavy atom. The molecule has 0 aromatic heterocycles. The van der Waals surface area contributed by atoms with Gasteiger partial charge >= 0.3 is 0 Å². The topological polar surface area (TPSA) is 149 Å². The smallest absolute Gasteiger partial charge is 0.220 e. The Morgan fingerprint density at radius 1 is 0.540 bits per heavy atom. The number of ether oxygens (including phenoxy) is 2. The van der Waals surface area contributed by atoms with Crippen LogP contribution in [0.4, 0.5) is 0 Å². The molecule has 7 atom stereocenters. The highest BCUT2D eigenvalue weighted by Gasteiger charge is 2.44. The molecule has 1 fully saturated rings. The van der Waals surface area contributed by atoms with E-state index in [9.17, 15) is 30.3 Å². The lowest BCUT2D eigenvalue weighted by atomic mass is 9.99. The minimum absolute atomic E-state index is 0.189. The third kappa shape index (κ3) is 34.4. The van der Waals surface area contributed by atoms with Crippen LogP contribution in [0.25, 0.3) is 0 Å². The van der Waals surface area contributed by atoms with E-state index in [0.717, 1.165) is 64.2 Å². The van der Waals surface area contributed by atoms with Crippen molar-refractivity contribution in [3.63, 3.8) is 0 Å². The lowest BCUT2D eigenvalue weighted by Crippen LogP contribution is -2.60. The molecule has 1 rings (SSSR count). The maximum atomic E-state index is 13.0. The molecule has 0 aromatic rings. The quantitative estimate of drug-likeness (QED) is 0.0261. The normalized spacial score (nSPS) is 20.4. The van der Waals surface area contributed by atoms with Crippen molar-refractivity contribution in [3.05, 3.63) is 36.5 Å². The second kappa shape index (κ2) is 44.3. The molecule has 1 amide bonds. The van der Waals surface area contributed by atoms with E-state index < -0.39 is 49.5 Å². The number of nitrogens with one attached hydrogen (secondary N) is 1. The molecule has 6 N–H and O–H groups in total. The van der Waals surface area contributed by atoms with Gasteiger partial charge in [0.25, 0.3) is 0 Å². The minimum Gasteiger partial charge on any atom is -0.394 e. The number of allylic oxidation sites excluding steroid dienone is 5. The second-order valence-electron chi connectivity index (χ2n) is 18.7. The summed E-state index contributed by atoms with van der Waals surface area (Å²) in [5.74, 6) is -0.189. The molecule has 0 aliphatic carbocycles. The molecular formula is C54H101NO8. The van der Waals surface area contributed by atoms with Crippen LogP contribution in [0.3, 0.4) is 0 Å². The molecule has 7 unspecified atom stereocenters. The fourth-order valence-corrected chi connectivity index (χ4v) is 8.42. The van der Waals surface area contributed by atoms with E-state index in [1.807, 2.05) is 6.08 Å². The van der Waals surface area contributed by atoms with Gasteiger partial charge in [-0.25, -0.2) is 0 Å². The molecule has 0 bridgehead atoms. The van der Waals surface area contributed by atoms with Crippen molar-refractivity contribution in [2.75, 3.05) is 13.2 Å². The maximum Gasteiger partial charge on any atom is 0.220 e. The maximum absolute atomic E-state index is 13.0. The van der Waals surface area contributed by atoms with E-state index in [4.69, 9.17) is 9.47 Å². The zero-order valence-corrected chi connectivity index (χ0v) is 40.8. The number of hydrogen-bond acceptors (Lipinski definition) is 8. The van der Waals surface area contributed by atoms with Crippen molar-refractivity contribution in [3.8, 4) is 0 Å².